The highest BCUT2D eigenvalue weighted by Gasteiger charge is 2.50. The van der Waals surface area contributed by atoms with E-state index in [4.69, 9.17) is 4.74 Å². The Morgan fingerprint density at radius 3 is 2.42 bits per heavy atom. The van der Waals surface area contributed by atoms with Gasteiger partial charge in [-0.05, 0) is 37.5 Å². The third-order valence-corrected chi connectivity index (χ3v) is 8.65. The van der Waals surface area contributed by atoms with Gasteiger partial charge in [-0.2, -0.15) is 4.31 Å². The van der Waals surface area contributed by atoms with E-state index in [9.17, 15) is 27.1 Å². The summed E-state index contributed by atoms with van der Waals surface area (Å²) in [7, 11) is -3.81. The average molecular weight is 451 g/mol. The molecule has 1 N–H and O–H groups in total. The zero-order valence-electron chi connectivity index (χ0n) is 16.9. The molecule has 2 aliphatic heterocycles. The number of benzene rings is 2. The molecule has 2 saturated heterocycles. The molecule has 9 heteroatoms. The molecule has 0 unspecified atom stereocenters. The molecule has 0 aromatic heterocycles. The van der Waals surface area contributed by atoms with Crippen LogP contribution in [0.3, 0.4) is 0 Å². The number of rotatable bonds is 5. The number of ether oxygens (including phenoxy) is 1. The lowest BCUT2D eigenvalue weighted by Gasteiger charge is -2.39. The number of halogens is 2. The molecule has 0 bridgehead atoms. The maximum atomic E-state index is 14.9. The summed E-state index contributed by atoms with van der Waals surface area (Å²) in [5.74, 6) is -3.01. The van der Waals surface area contributed by atoms with Crippen LogP contribution in [0.5, 0.6) is 0 Å². The van der Waals surface area contributed by atoms with Crippen LogP contribution in [0.1, 0.15) is 41.7 Å². The standard InChI is InChI=1S/C22H23F2NO5S/c1-14-7-8-20(15-5-3-2-4-6-15)31(28,29)25(14)11-16-9-19(24)17(10-18(16)23)22(21(26)27)12-30-13-22/h2-6,9-10,14,20H,7-8,11-13H2,1H3,(H,26,27)/t14-,20+/m0/s1. The molecule has 2 fully saturated rings. The van der Waals surface area contributed by atoms with Gasteiger partial charge in [-0.1, -0.05) is 30.3 Å². The lowest BCUT2D eigenvalue weighted by Crippen LogP contribution is -2.53. The van der Waals surface area contributed by atoms with Crippen LogP contribution >= 0.6 is 0 Å². The number of hydrogen-bond donors (Lipinski definition) is 1. The molecule has 166 valence electrons. The molecule has 0 radical (unpaired) electrons. The van der Waals surface area contributed by atoms with Gasteiger partial charge < -0.3 is 9.84 Å². The van der Waals surface area contributed by atoms with E-state index in [1.807, 2.05) is 0 Å². The van der Waals surface area contributed by atoms with Crippen LogP contribution in [0.4, 0.5) is 8.78 Å². The van der Waals surface area contributed by atoms with E-state index in [-0.39, 0.29) is 36.9 Å². The summed E-state index contributed by atoms with van der Waals surface area (Å²) in [5, 5.41) is 8.72. The fourth-order valence-corrected chi connectivity index (χ4v) is 6.48. The van der Waals surface area contributed by atoms with E-state index < -0.39 is 38.3 Å². The van der Waals surface area contributed by atoms with E-state index in [0.717, 1.165) is 12.1 Å². The van der Waals surface area contributed by atoms with Crippen LogP contribution in [0.2, 0.25) is 0 Å². The Balaban J connectivity index is 1.66. The minimum absolute atomic E-state index is 0.133. The van der Waals surface area contributed by atoms with E-state index >= 15 is 0 Å². The predicted molar refractivity (Wildman–Crippen MR) is 109 cm³/mol. The summed E-state index contributed by atoms with van der Waals surface area (Å²) in [4.78, 5) is 11.6. The number of nitrogens with zero attached hydrogens (tertiary/aromatic N) is 1. The number of carboxylic acid groups (broad SMARTS) is 1. The van der Waals surface area contributed by atoms with Crippen molar-refractivity contribution in [3.8, 4) is 0 Å². The van der Waals surface area contributed by atoms with Crippen LogP contribution in [-0.2, 0) is 31.5 Å². The number of hydrogen-bond acceptors (Lipinski definition) is 4. The van der Waals surface area contributed by atoms with E-state index in [2.05, 4.69) is 0 Å². The smallest absolute Gasteiger partial charge is 0.319 e. The highest BCUT2D eigenvalue weighted by atomic mass is 32.2. The molecule has 0 amide bonds. The van der Waals surface area contributed by atoms with Gasteiger partial charge in [0, 0.05) is 23.7 Å². The third-order valence-electron chi connectivity index (χ3n) is 6.28. The molecule has 6 nitrogen and oxygen atoms in total. The quantitative estimate of drug-likeness (QED) is 0.754. The summed E-state index contributed by atoms with van der Waals surface area (Å²) in [6.45, 7) is 0.932. The van der Waals surface area contributed by atoms with Crippen LogP contribution in [0.25, 0.3) is 0 Å². The van der Waals surface area contributed by atoms with Gasteiger partial charge in [-0.25, -0.2) is 17.2 Å². The van der Waals surface area contributed by atoms with Crippen molar-refractivity contribution in [3.05, 3.63) is 70.8 Å². The molecule has 2 heterocycles. The largest absolute Gasteiger partial charge is 0.480 e. The van der Waals surface area contributed by atoms with Gasteiger partial charge in [0.1, 0.15) is 22.3 Å². The highest BCUT2D eigenvalue weighted by molar-refractivity contribution is 7.89. The van der Waals surface area contributed by atoms with Gasteiger partial charge in [0.25, 0.3) is 0 Å². The second-order valence-electron chi connectivity index (χ2n) is 8.22. The molecule has 2 aromatic carbocycles. The number of carbonyl (C=O) groups is 1. The zero-order chi connectivity index (χ0) is 22.4. The second kappa shape index (κ2) is 7.96. The molecule has 2 atom stereocenters. The van der Waals surface area contributed by atoms with E-state index in [1.165, 1.54) is 4.31 Å². The molecule has 31 heavy (non-hydrogen) atoms. The molecular formula is C22H23F2NO5S. The van der Waals surface area contributed by atoms with E-state index in [0.29, 0.717) is 18.4 Å². The van der Waals surface area contributed by atoms with Gasteiger partial charge in [0.2, 0.25) is 10.0 Å². The fourth-order valence-electron chi connectivity index (χ4n) is 4.30. The number of carboxylic acids is 1. The van der Waals surface area contributed by atoms with Gasteiger partial charge in [-0.3, -0.25) is 4.79 Å². The maximum absolute atomic E-state index is 14.9. The molecule has 2 aliphatic rings. The Morgan fingerprint density at radius 2 is 1.84 bits per heavy atom. The second-order valence-corrected chi connectivity index (χ2v) is 10.3. The summed E-state index contributed by atoms with van der Waals surface area (Å²) in [6.07, 6.45) is 1.03. The Kier molecular flexibility index (Phi) is 5.61. The molecule has 4 rings (SSSR count). The SMILES string of the molecule is C[C@H]1CC[C@H](c2ccccc2)S(=O)(=O)N1Cc1cc(F)c(C2(C(=O)O)COC2)cc1F. The highest BCUT2D eigenvalue weighted by Crippen LogP contribution is 2.39. The van der Waals surface area contributed by atoms with Crippen molar-refractivity contribution in [2.45, 2.75) is 43.0 Å². The first-order valence-corrected chi connectivity index (χ1v) is 11.5. The molecule has 2 aromatic rings. The lowest BCUT2D eigenvalue weighted by molar-refractivity contribution is -0.163. The van der Waals surface area contributed by atoms with Gasteiger partial charge in [0.05, 0.1) is 13.2 Å². The van der Waals surface area contributed by atoms with Gasteiger partial charge >= 0.3 is 5.97 Å². The first-order chi connectivity index (χ1) is 14.7. The first kappa shape index (κ1) is 21.9. The van der Waals surface area contributed by atoms with Crippen LogP contribution in [0, 0.1) is 11.6 Å². The predicted octanol–water partition coefficient (Wildman–Crippen LogP) is 3.37. The molecular weight excluding hydrogens is 428 g/mol. The Bertz CT molecular complexity index is 1100. The van der Waals surface area contributed by atoms with Crippen molar-refractivity contribution in [2.24, 2.45) is 0 Å². The molecule has 0 spiro atoms. The van der Waals surface area contributed by atoms with Gasteiger partial charge in [-0.15, -0.1) is 0 Å². The minimum Gasteiger partial charge on any atom is -0.480 e. The van der Waals surface area contributed by atoms with E-state index in [1.54, 1.807) is 37.3 Å². The van der Waals surface area contributed by atoms with Crippen LogP contribution in [0.15, 0.2) is 42.5 Å². The Morgan fingerprint density at radius 1 is 1.16 bits per heavy atom. The topological polar surface area (TPSA) is 83.9 Å². The summed E-state index contributed by atoms with van der Waals surface area (Å²) in [5.41, 5.74) is -1.38. The van der Waals surface area contributed by atoms with Crippen molar-refractivity contribution in [2.75, 3.05) is 13.2 Å². The monoisotopic (exact) mass is 451 g/mol. The average Bonchev–Trinajstić information content (AvgIpc) is 2.67. The fraction of sp³-hybridized carbons (Fsp3) is 0.409. The summed E-state index contributed by atoms with van der Waals surface area (Å²) < 4.78 is 62.5. The summed E-state index contributed by atoms with van der Waals surface area (Å²) in [6, 6.07) is 10.2. The first-order valence-electron chi connectivity index (χ1n) is 10.0. The summed E-state index contributed by atoms with van der Waals surface area (Å²) >= 11 is 0. The third kappa shape index (κ3) is 3.64. The van der Waals surface area contributed by atoms with Gasteiger partial charge in [0.15, 0.2) is 0 Å². The van der Waals surface area contributed by atoms with Crippen molar-refractivity contribution in [1.29, 1.82) is 0 Å². The van der Waals surface area contributed by atoms with Crippen molar-refractivity contribution in [1.82, 2.24) is 4.31 Å². The lowest BCUT2D eigenvalue weighted by atomic mass is 9.78. The van der Waals surface area contributed by atoms with Crippen LogP contribution in [-0.4, -0.2) is 43.1 Å². The molecule has 0 aliphatic carbocycles. The normalized spacial score (nSPS) is 25.0. The number of sulfonamides is 1. The Hall–Kier alpha value is -2.36. The molecule has 0 saturated carbocycles. The number of aliphatic carboxylic acids is 1. The maximum Gasteiger partial charge on any atom is 0.319 e. The van der Waals surface area contributed by atoms with Crippen molar-refractivity contribution >= 4 is 16.0 Å². The zero-order valence-corrected chi connectivity index (χ0v) is 17.7. The minimum atomic E-state index is -3.81. The van der Waals surface area contributed by atoms with Crippen molar-refractivity contribution in [3.63, 3.8) is 0 Å². The van der Waals surface area contributed by atoms with Crippen molar-refractivity contribution < 1.29 is 31.8 Å². The van der Waals surface area contributed by atoms with Crippen LogP contribution < -0.4 is 0 Å². The Labute approximate surface area is 179 Å².